The lowest BCUT2D eigenvalue weighted by atomic mass is 10.1. The van der Waals surface area contributed by atoms with Crippen LogP contribution in [-0.4, -0.2) is 20.7 Å². The molecule has 2 aromatic rings. The summed E-state index contributed by atoms with van der Waals surface area (Å²) >= 11 is 0. The molecule has 18 heavy (non-hydrogen) atoms. The van der Waals surface area contributed by atoms with Gasteiger partial charge in [-0.2, -0.15) is 0 Å². The fraction of sp³-hybridized carbons (Fsp3) is 0. The molecule has 1 N–H and O–H groups in total. The number of ketones is 1. The molecule has 1 heterocycles. The van der Waals surface area contributed by atoms with E-state index in [1.165, 1.54) is 30.4 Å². The highest BCUT2D eigenvalue weighted by Crippen LogP contribution is 2.18. The zero-order valence-corrected chi connectivity index (χ0v) is 9.24. The Bertz CT molecular complexity index is 603. The topological polar surface area (TPSA) is 88.9 Å². The maximum Gasteiger partial charge on any atom is 0.280 e. The zero-order valence-electron chi connectivity index (χ0n) is 9.24. The normalized spacial score (nSPS) is 10.7. The number of carbonyl (C=O) groups excluding carboxylic acids is 1. The van der Waals surface area contributed by atoms with Gasteiger partial charge >= 0.3 is 0 Å². The van der Waals surface area contributed by atoms with Crippen molar-refractivity contribution in [3.63, 3.8) is 0 Å². The number of imidazole rings is 1. The molecule has 0 aliphatic rings. The van der Waals surface area contributed by atoms with E-state index in [0.29, 0.717) is 5.82 Å². The van der Waals surface area contributed by atoms with Crippen LogP contribution in [0, 0.1) is 10.1 Å². The van der Waals surface area contributed by atoms with Crippen LogP contribution in [0.1, 0.15) is 16.2 Å². The Balaban J connectivity index is 2.27. The quantitative estimate of drug-likeness (QED) is 0.386. The lowest BCUT2D eigenvalue weighted by Crippen LogP contribution is -2.00. The number of nitrogens with one attached hydrogen (secondary N) is 1. The second-order valence-corrected chi connectivity index (χ2v) is 3.45. The third-order valence-electron chi connectivity index (χ3n) is 2.28. The summed E-state index contributed by atoms with van der Waals surface area (Å²) in [5.74, 6) is 0.0839. The number of aromatic nitrogens is 2. The highest BCUT2D eigenvalue weighted by Gasteiger charge is 2.16. The fourth-order valence-electron chi connectivity index (χ4n) is 1.45. The van der Waals surface area contributed by atoms with Gasteiger partial charge in [0.25, 0.3) is 5.69 Å². The van der Waals surface area contributed by atoms with Crippen molar-refractivity contribution in [2.75, 3.05) is 0 Å². The molecule has 6 nitrogen and oxygen atoms in total. The molecule has 0 radical (unpaired) electrons. The number of benzene rings is 1. The van der Waals surface area contributed by atoms with E-state index in [0.717, 1.165) is 0 Å². The van der Waals surface area contributed by atoms with Crippen molar-refractivity contribution in [1.29, 1.82) is 0 Å². The van der Waals surface area contributed by atoms with Gasteiger partial charge in [0.2, 0.25) is 0 Å². The number of nitro groups is 1. The monoisotopic (exact) mass is 243 g/mol. The van der Waals surface area contributed by atoms with Gasteiger partial charge in [0, 0.05) is 18.5 Å². The third kappa shape index (κ3) is 2.49. The Kier molecular flexibility index (Phi) is 3.29. The Hall–Kier alpha value is -2.76. The molecule has 1 aromatic heterocycles. The predicted molar refractivity (Wildman–Crippen MR) is 65.0 cm³/mol. The molecular weight excluding hydrogens is 234 g/mol. The molecule has 0 saturated heterocycles. The van der Waals surface area contributed by atoms with Gasteiger partial charge in [-0.1, -0.05) is 12.1 Å². The summed E-state index contributed by atoms with van der Waals surface area (Å²) < 4.78 is 0. The number of para-hydroxylation sites is 1. The molecule has 6 heteroatoms. The number of nitro benzene ring substituents is 1. The van der Waals surface area contributed by atoms with Crippen molar-refractivity contribution < 1.29 is 9.72 Å². The van der Waals surface area contributed by atoms with E-state index in [2.05, 4.69) is 9.97 Å². The summed E-state index contributed by atoms with van der Waals surface area (Å²) in [5, 5.41) is 10.8. The van der Waals surface area contributed by atoms with Crippen molar-refractivity contribution in [1.82, 2.24) is 9.97 Å². The first-order chi connectivity index (χ1) is 8.68. The van der Waals surface area contributed by atoms with E-state index in [1.807, 2.05) is 0 Å². The molecule has 0 aliphatic heterocycles. The lowest BCUT2D eigenvalue weighted by Gasteiger charge is -1.97. The minimum atomic E-state index is -0.575. The molecule has 0 spiro atoms. The van der Waals surface area contributed by atoms with E-state index < -0.39 is 10.7 Å². The van der Waals surface area contributed by atoms with E-state index >= 15 is 0 Å². The molecule has 90 valence electrons. The van der Waals surface area contributed by atoms with Crippen molar-refractivity contribution in [3.05, 3.63) is 64.2 Å². The number of allylic oxidation sites excluding steroid dienone is 1. The van der Waals surface area contributed by atoms with Gasteiger partial charge < -0.3 is 4.98 Å². The van der Waals surface area contributed by atoms with E-state index in [1.54, 1.807) is 18.5 Å². The predicted octanol–water partition coefficient (Wildman–Crippen LogP) is 2.21. The largest absolute Gasteiger partial charge is 0.345 e. The molecule has 0 unspecified atom stereocenters. The van der Waals surface area contributed by atoms with Crippen LogP contribution in [0.25, 0.3) is 6.08 Å². The molecule has 0 amide bonds. The Morgan fingerprint density at radius 3 is 2.83 bits per heavy atom. The van der Waals surface area contributed by atoms with Gasteiger partial charge in [-0.3, -0.25) is 14.9 Å². The number of hydrogen-bond acceptors (Lipinski definition) is 4. The van der Waals surface area contributed by atoms with Crippen LogP contribution in [0.15, 0.2) is 42.7 Å². The molecule has 1 aromatic carbocycles. The van der Waals surface area contributed by atoms with Gasteiger partial charge in [0.05, 0.1) is 10.5 Å². The maximum absolute atomic E-state index is 11.8. The standard InChI is InChI=1S/C12H9N3O3/c16-11(5-6-12-13-7-8-14-12)9-3-1-2-4-10(9)15(17)18/h1-8H,(H,13,14). The number of carbonyl (C=O) groups is 1. The number of H-pyrrole nitrogens is 1. The number of hydrogen-bond donors (Lipinski definition) is 1. The van der Waals surface area contributed by atoms with Crippen LogP contribution >= 0.6 is 0 Å². The smallest absolute Gasteiger partial charge is 0.280 e. The first-order valence-electron chi connectivity index (χ1n) is 5.13. The van der Waals surface area contributed by atoms with Crippen LogP contribution in [0.2, 0.25) is 0 Å². The van der Waals surface area contributed by atoms with Crippen LogP contribution in [0.5, 0.6) is 0 Å². The summed E-state index contributed by atoms with van der Waals surface area (Å²) in [6.45, 7) is 0. The number of nitrogens with zero attached hydrogens (tertiary/aromatic N) is 2. The van der Waals surface area contributed by atoms with Crippen molar-refractivity contribution in [2.24, 2.45) is 0 Å². The summed E-state index contributed by atoms with van der Waals surface area (Å²) in [4.78, 5) is 28.7. The average molecular weight is 243 g/mol. The van der Waals surface area contributed by atoms with Crippen molar-refractivity contribution in [2.45, 2.75) is 0 Å². The Labute approximate surface area is 102 Å². The molecule has 0 aliphatic carbocycles. The fourth-order valence-corrected chi connectivity index (χ4v) is 1.45. The van der Waals surface area contributed by atoms with Crippen LogP contribution in [0.4, 0.5) is 5.69 Å². The maximum atomic E-state index is 11.8. The summed E-state index contributed by atoms with van der Waals surface area (Å²) in [6, 6.07) is 5.83. The molecule has 0 atom stereocenters. The van der Waals surface area contributed by atoms with Gasteiger partial charge in [0.1, 0.15) is 5.82 Å². The minimum absolute atomic E-state index is 0.0605. The van der Waals surface area contributed by atoms with Crippen LogP contribution in [0.3, 0.4) is 0 Å². The Morgan fingerprint density at radius 1 is 1.39 bits per heavy atom. The first kappa shape index (κ1) is 11.7. The SMILES string of the molecule is O=C(C=Cc1ncc[nH]1)c1ccccc1[N+](=O)[O-]. The molecule has 0 bridgehead atoms. The second-order valence-electron chi connectivity index (χ2n) is 3.45. The molecule has 0 fully saturated rings. The molecule has 0 saturated carbocycles. The van der Waals surface area contributed by atoms with Gasteiger partial charge in [-0.15, -0.1) is 0 Å². The van der Waals surface area contributed by atoms with Crippen LogP contribution in [-0.2, 0) is 0 Å². The zero-order chi connectivity index (χ0) is 13.0. The number of aromatic amines is 1. The van der Waals surface area contributed by atoms with Crippen molar-refractivity contribution >= 4 is 17.5 Å². The van der Waals surface area contributed by atoms with Gasteiger partial charge in [0.15, 0.2) is 5.78 Å². The van der Waals surface area contributed by atoms with Crippen molar-refractivity contribution in [3.8, 4) is 0 Å². The highest BCUT2D eigenvalue weighted by molar-refractivity contribution is 6.09. The Morgan fingerprint density at radius 2 is 2.17 bits per heavy atom. The lowest BCUT2D eigenvalue weighted by molar-refractivity contribution is -0.385. The summed E-state index contributed by atoms with van der Waals surface area (Å²) in [5.41, 5.74) is -0.142. The van der Waals surface area contributed by atoms with Gasteiger partial charge in [-0.25, -0.2) is 4.98 Å². The second kappa shape index (κ2) is 5.05. The number of rotatable bonds is 4. The summed E-state index contributed by atoms with van der Waals surface area (Å²) in [6.07, 6.45) is 5.89. The minimum Gasteiger partial charge on any atom is -0.345 e. The van der Waals surface area contributed by atoms with Crippen LogP contribution < -0.4 is 0 Å². The van der Waals surface area contributed by atoms with Gasteiger partial charge in [-0.05, 0) is 18.2 Å². The molecular formula is C12H9N3O3. The highest BCUT2D eigenvalue weighted by atomic mass is 16.6. The third-order valence-corrected chi connectivity index (χ3v) is 2.28. The van der Waals surface area contributed by atoms with E-state index in [9.17, 15) is 14.9 Å². The van der Waals surface area contributed by atoms with E-state index in [4.69, 9.17) is 0 Å². The summed E-state index contributed by atoms with van der Waals surface area (Å²) in [7, 11) is 0. The first-order valence-corrected chi connectivity index (χ1v) is 5.13. The average Bonchev–Trinajstić information content (AvgIpc) is 2.89. The molecule has 2 rings (SSSR count). The van der Waals surface area contributed by atoms with E-state index in [-0.39, 0.29) is 11.3 Å².